The zero-order chi connectivity index (χ0) is 10.8. The van der Waals surface area contributed by atoms with E-state index in [2.05, 4.69) is 49.5 Å². The Kier molecular flexibility index (Phi) is 3.15. The van der Waals surface area contributed by atoms with Crippen molar-refractivity contribution in [3.05, 3.63) is 30.5 Å². The number of allylic oxidation sites excluding steroid dienone is 1. The smallest absolute Gasteiger partial charge is 0.0425 e. The van der Waals surface area contributed by atoms with Crippen LogP contribution in [0.25, 0.3) is 0 Å². The number of hydrogen-bond acceptors (Lipinski definition) is 2. The van der Waals surface area contributed by atoms with Crippen molar-refractivity contribution in [3.63, 3.8) is 0 Å². The summed E-state index contributed by atoms with van der Waals surface area (Å²) in [5.74, 6) is 0. The van der Waals surface area contributed by atoms with Gasteiger partial charge in [0.15, 0.2) is 0 Å². The Labute approximate surface area is 93.2 Å². The average molecular weight is 204 g/mol. The monoisotopic (exact) mass is 204 g/mol. The zero-order valence-corrected chi connectivity index (χ0v) is 9.90. The largest absolute Gasteiger partial charge is 0.352 e. The molecule has 82 valence electrons. The maximum atomic E-state index is 3.37. The summed E-state index contributed by atoms with van der Waals surface area (Å²) in [5, 5.41) is 0. The van der Waals surface area contributed by atoms with Gasteiger partial charge in [-0.15, -0.1) is 0 Å². The number of likely N-dealkylation sites (N-methyl/N-ethyl adjacent to an activating group) is 1. The Hall–Kier alpha value is -0.760. The third kappa shape index (κ3) is 2.25. The van der Waals surface area contributed by atoms with Crippen molar-refractivity contribution in [1.82, 2.24) is 9.80 Å². The second-order valence-corrected chi connectivity index (χ2v) is 4.72. The fourth-order valence-corrected chi connectivity index (χ4v) is 2.27. The van der Waals surface area contributed by atoms with Gasteiger partial charge in [-0.25, -0.2) is 0 Å². The normalized spacial score (nSPS) is 27.6. The van der Waals surface area contributed by atoms with Crippen molar-refractivity contribution < 1.29 is 0 Å². The van der Waals surface area contributed by atoms with Crippen LogP contribution in [0.15, 0.2) is 24.0 Å². The Balaban J connectivity index is 2.09. The SMILES string of the molecule is CC(C)N1C=C[C]C([C@@H]2CCCN2C)=C1. The topological polar surface area (TPSA) is 6.48 Å². The molecule has 2 heterocycles. The Morgan fingerprint density at radius 1 is 1.47 bits per heavy atom. The van der Waals surface area contributed by atoms with Gasteiger partial charge in [0.2, 0.25) is 0 Å². The van der Waals surface area contributed by atoms with Crippen molar-refractivity contribution in [1.29, 1.82) is 0 Å². The summed E-state index contributed by atoms with van der Waals surface area (Å²) in [4.78, 5) is 4.69. The molecule has 2 heteroatoms. The number of rotatable bonds is 2. The highest BCUT2D eigenvalue weighted by Gasteiger charge is 2.25. The molecule has 2 aliphatic heterocycles. The van der Waals surface area contributed by atoms with Crippen molar-refractivity contribution in [2.45, 2.75) is 38.8 Å². The molecular weight excluding hydrogens is 184 g/mol. The molecule has 1 atom stereocenters. The van der Waals surface area contributed by atoms with Gasteiger partial charge in [-0.2, -0.15) is 0 Å². The fourth-order valence-electron chi connectivity index (χ4n) is 2.27. The van der Waals surface area contributed by atoms with Crippen LogP contribution in [-0.4, -0.2) is 35.5 Å². The molecule has 0 aromatic rings. The van der Waals surface area contributed by atoms with E-state index in [1.54, 1.807) is 0 Å². The minimum absolute atomic E-state index is 0.532. The summed E-state index contributed by atoms with van der Waals surface area (Å²) in [7, 11) is 2.21. The molecule has 0 unspecified atom stereocenters. The van der Waals surface area contributed by atoms with E-state index in [4.69, 9.17) is 0 Å². The molecule has 0 aromatic carbocycles. The van der Waals surface area contributed by atoms with E-state index < -0.39 is 0 Å². The highest BCUT2D eigenvalue weighted by Crippen LogP contribution is 2.26. The number of hydrogen-bond donors (Lipinski definition) is 0. The lowest BCUT2D eigenvalue weighted by atomic mass is 10.0. The third-order valence-electron chi connectivity index (χ3n) is 3.26. The Bertz CT molecular complexity index is 278. The van der Waals surface area contributed by atoms with Crippen molar-refractivity contribution >= 4 is 0 Å². The molecule has 15 heavy (non-hydrogen) atoms. The highest BCUT2D eigenvalue weighted by molar-refractivity contribution is 5.31. The summed E-state index contributed by atoms with van der Waals surface area (Å²) in [5.41, 5.74) is 1.34. The number of likely N-dealkylation sites (tertiary alicyclic amines) is 1. The lowest BCUT2D eigenvalue weighted by Gasteiger charge is -2.29. The van der Waals surface area contributed by atoms with E-state index in [1.165, 1.54) is 25.0 Å². The summed E-state index contributed by atoms with van der Waals surface area (Å²) >= 11 is 0. The molecule has 0 aliphatic carbocycles. The molecule has 0 spiro atoms. The van der Waals surface area contributed by atoms with Gasteiger partial charge in [0.25, 0.3) is 0 Å². The molecule has 0 saturated carbocycles. The Morgan fingerprint density at radius 2 is 2.27 bits per heavy atom. The summed E-state index contributed by atoms with van der Waals surface area (Å²) in [6, 6.07) is 1.11. The van der Waals surface area contributed by atoms with Crippen LogP contribution < -0.4 is 0 Å². The van der Waals surface area contributed by atoms with E-state index >= 15 is 0 Å². The van der Waals surface area contributed by atoms with Crippen LogP contribution in [0.2, 0.25) is 0 Å². The first-order valence-corrected chi connectivity index (χ1v) is 5.81. The second-order valence-electron chi connectivity index (χ2n) is 4.72. The molecule has 0 bridgehead atoms. The van der Waals surface area contributed by atoms with Crippen LogP contribution in [0.4, 0.5) is 0 Å². The van der Waals surface area contributed by atoms with Crippen LogP contribution in [0.1, 0.15) is 26.7 Å². The fraction of sp³-hybridized carbons (Fsp3) is 0.615. The molecule has 2 aliphatic rings. The van der Waals surface area contributed by atoms with Crippen molar-refractivity contribution in [2.75, 3.05) is 13.6 Å². The average Bonchev–Trinajstić information content (AvgIpc) is 2.64. The first-order chi connectivity index (χ1) is 7.18. The molecule has 2 rings (SSSR count). The first kappa shape index (κ1) is 10.7. The van der Waals surface area contributed by atoms with E-state index in [0.717, 1.165) is 0 Å². The quantitative estimate of drug-likeness (QED) is 0.681. The van der Waals surface area contributed by atoms with Crippen LogP contribution in [-0.2, 0) is 0 Å². The molecule has 2 nitrogen and oxygen atoms in total. The first-order valence-electron chi connectivity index (χ1n) is 5.81. The summed E-state index contributed by atoms with van der Waals surface area (Å²) in [6.45, 7) is 5.64. The maximum absolute atomic E-state index is 3.37. The molecule has 2 radical (unpaired) electrons. The number of nitrogens with zero attached hydrogens (tertiary/aromatic N) is 2. The predicted octanol–water partition coefficient (Wildman–Crippen LogP) is 2.28. The van der Waals surface area contributed by atoms with Crippen molar-refractivity contribution in [2.24, 2.45) is 0 Å². The molecule has 0 N–H and O–H groups in total. The maximum Gasteiger partial charge on any atom is 0.0425 e. The van der Waals surface area contributed by atoms with Crippen molar-refractivity contribution in [3.8, 4) is 0 Å². The lowest BCUT2D eigenvalue weighted by Crippen LogP contribution is -2.30. The van der Waals surface area contributed by atoms with Crippen LogP contribution in [0.5, 0.6) is 0 Å². The Morgan fingerprint density at radius 3 is 2.87 bits per heavy atom. The van der Waals surface area contributed by atoms with E-state index in [9.17, 15) is 0 Å². The lowest BCUT2D eigenvalue weighted by molar-refractivity contribution is 0.335. The van der Waals surface area contributed by atoms with Gasteiger partial charge in [0, 0.05) is 30.9 Å². The standard InChI is InChI=1S/C13H20N2/c1-11(2)15-9-4-6-12(10-15)13-7-5-8-14(13)3/h4,9-11,13H,5,7-8H2,1-3H3/t13-/m0/s1. The van der Waals surface area contributed by atoms with E-state index in [0.29, 0.717) is 12.1 Å². The summed E-state index contributed by atoms with van der Waals surface area (Å²) < 4.78 is 0. The van der Waals surface area contributed by atoms with Crippen LogP contribution in [0, 0.1) is 6.42 Å². The van der Waals surface area contributed by atoms with Crippen LogP contribution >= 0.6 is 0 Å². The van der Waals surface area contributed by atoms with E-state index in [-0.39, 0.29) is 0 Å². The van der Waals surface area contributed by atoms with E-state index in [1.807, 2.05) is 6.08 Å². The van der Waals surface area contributed by atoms with Crippen LogP contribution in [0.3, 0.4) is 0 Å². The van der Waals surface area contributed by atoms with Gasteiger partial charge in [0.1, 0.15) is 0 Å². The summed E-state index contributed by atoms with van der Waals surface area (Å²) in [6.07, 6.45) is 12.3. The molecule has 0 amide bonds. The minimum Gasteiger partial charge on any atom is -0.352 e. The van der Waals surface area contributed by atoms with Gasteiger partial charge in [-0.05, 0) is 45.9 Å². The minimum atomic E-state index is 0.532. The highest BCUT2D eigenvalue weighted by atomic mass is 15.2. The molecular formula is C13H20N2. The third-order valence-corrected chi connectivity index (χ3v) is 3.26. The van der Waals surface area contributed by atoms with Gasteiger partial charge in [-0.1, -0.05) is 6.08 Å². The second kappa shape index (κ2) is 4.40. The molecule has 1 fully saturated rings. The van der Waals surface area contributed by atoms with Gasteiger partial charge in [0.05, 0.1) is 0 Å². The van der Waals surface area contributed by atoms with Gasteiger partial charge in [-0.3, -0.25) is 4.90 Å². The van der Waals surface area contributed by atoms with Gasteiger partial charge >= 0.3 is 0 Å². The van der Waals surface area contributed by atoms with Gasteiger partial charge < -0.3 is 4.90 Å². The predicted molar refractivity (Wildman–Crippen MR) is 63.1 cm³/mol. The molecule has 0 aromatic heterocycles. The molecule has 1 saturated heterocycles. The zero-order valence-electron chi connectivity index (χ0n) is 9.90.